The zero-order chi connectivity index (χ0) is 12.5. The molecule has 0 aliphatic heterocycles. The summed E-state index contributed by atoms with van der Waals surface area (Å²) in [5.41, 5.74) is 3.42. The number of benzene rings is 1. The molecule has 0 radical (unpaired) electrons. The third-order valence-corrected chi connectivity index (χ3v) is 2.60. The number of hydrogen-bond donors (Lipinski definition) is 1. The fourth-order valence-corrected chi connectivity index (χ4v) is 1.30. The van der Waals surface area contributed by atoms with Gasteiger partial charge in [-0.2, -0.15) is 18.3 Å². The van der Waals surface area contributed by atoms with Crippen molar-refractivity contribution in [3.63, 3.8) is 0 Å². The fourth-order valence-electron chi connectivity index (χ4n) is 1.21. The first kappa shape index (κ1) is 12.0. The van der Waals surface area contributed by atoms with Crippen molar-refractivity contribution in [2.45, 2.75) is 6.18 Å². The van der Waals surface area contributed by atoms with Crippen LogP contribution in [0.5, 0.6) is 0 Å². The first-order valence-electron chi connectivity index (χ1n) is 4.50. The molecule has 0 unspecified atom stereocenters. The number of nitrogens with zero attached hydrogens (tertiary/aromatic N) is 1. The van der Waals surface area contributed by atoms with E-state index in [9.17, 15) is 13.2 Å². The summed E-state index contributed by atoms with van der Waals surface area (Å²) in [7, 11) is 0. The monoisotopic (exact) mass is 306 g/mol. The van der Waals surface area contributed by atoms with E-state index in [1.165, 1.54) is 6.26 Å². The molecule has 0 amide bonds. The third-order valence-electron chi connectivity index (χ3n) is 1.97. The fraction of sp³-hybridized carbons (Fsp3) is 0.100. The van der Waals surface area contributed by atoms with Gasteiger partial charge in [-0.3, -0.25) is 5.43 Å². The Kier molecular flexibility index (Phi) is 3.10. The minimum absolute atomic E-state index is 0.445. The number of hydrogen-bond acceptors (Lipinski definition) is 3. The lowest BCUT2D eigenvalue weighted by atomic mass is 10.2. The molecule has 7 heteroatoms. The maximum absolute atomic E-state index is 12.1. The molecule has 3 nitrogen and oxygen atoms in total. The molecule has 0 aliphatic carbocycles. The Labute approximate surface area is 102 Å². The van der Waals surface area contributed by atoms with E-state index in [4.69, 9.17) is 4.42 Å². The summed E-state index contributed by atoms with van der Waals surface area (Å²) in [6.07, 6.45) is -2.99. The molecule has 90 valence electrons. The molecular weight excluding hydrogens is 301 g/mol. The first-order chi connectivity index (χ1) is 7.97. The van der Waals surface area contributed by atoms with Crippen LogP contribution in [0.4, 0.5) is 18.9 Å². The number of fused-ring (bicyclic) bond motifs is 1. The van der Waals surface area contributed by atoms with Gasteiger partial charge in [0.05, 0.1) is 12.0 Å². The zero-order valence-corrected chi connectivity index (χ0v) is 9.84. The average Bonchev–Trinajstić information content (AvgIpc) is 2.71. The van der Waals surface area contributed by atoms with E-state index in [1.807, 2.05) is 0 Å². The second kappa shape index (κ2) is 4.40. The van der Waals surface area contributed by atoms with Crippen LogP contribution in [0.3, 0.4) is 0 Å². The summed E-state index contributed by atoms with van der Waals surface area (Å²) in [5.74, 6) is 0. The highest BCUT2D eigenvalue weighted by molar-refractivity contribution is 9.18. The number of alkyl halides is 3. The van der Waals surface area contributed by atoms with E-state index in [2.05, 4.69) is 26.5 Å². The van der Waals surface area contributed by atoms with Crippen LogP contribution in [0.15, 0.2) is 40.0 Å². The number of furan rings is 1. The Bertz CT molecular complexity index is 562. The Hall–Kier alpha value is -1.50. The van der Waals surface area contributed by atoms with Crippen molar-refractivity contribution in [1.82, 2.24) is 0 Å². The molecule has 0 saturated heterocycles. The lowest BCUT2D eigenvalue weighted by Crippen LogP contribution is -2.17. The van der Waals surface area contributed by atoms with E-state index in [0.717, 1.165) is 5.39 Å². The van der Waals surface area contributed by atoms with Gasteiger partial charge in [-0.15, -0.1) is 0 Å². The van der Waals surface area contributed by atoms with Crippen molar-refractivity contribution >= 4 is 37.2 Å². The van der Waals surface area contributed by atoms with Crippen LogP contribution in [0.25, 0.3) is 11.0 Å². The summed E-state index contributed by atoms with van der Waals surface area (Å²) >= 11 is 2.34. The van der Waals surface area contributed by atoms with Crippen molar-refractivity contribution in [1.29, 1.82) is 0 Å². The van der Waals surface area contributed by atoms with Crippen molar-refractivity contribution in [3.8, 4) is 0 Å². The number of halogens is 4. The highest BCUT2D eigenvalue weighted by Gasteiger charge is 2.34. The van der Waals surface area contributed by atoms with Crippen molar-refractivity contribution in [2.75, 3.05) is 5.43 Å². The summed E-state index contributed by atoms with van der Waals surface area (Å²) < 4.78 is 40.4. The van der Waals surface area contributed by atoms with E-state index >= 15 is 0 Å². The molecule has 0 saturated carbocycles. The van der Waals surface area contributed by atoms with Gasteiger partial charge >= 0.3 is 6.18 Å². The number of rotatable bonds is 2. The second-order valence-electron chi connectivity index (χ2n) is 3.19. The standard InChI is InChI=1S/C10H6BrF3N2O/c11-9(10(12,13)14)16-15-7-1-2-8-6(5-7)3-4-17-8/h1-5,15H. The Morgan fingerprint density at radius 2 is 2.06 bits per heavy atom. The third kappa shape index (κ3) is 2.79. The maximum atomic E-state index is 12.1. The van der Waals surface area contributed by atoms with Crippen LogP contribution in [0, 0.1) is 0 Å². The predicted octanol–water partition coefficient (Wildman–Crippen LogP) is 4.12. The minimum atomic E-state index is -4.49. The average molecular weight is 307 g/mol. The Morgan fingerprint density at radius 3 is 2.76 bits per heavy atom. The summed E-state index contributed by atoms with van der Waals surface area (Å²) in [5, 5.41) is 3.97. The molecule has 0 aliphatic rings. The van der Waals surface area contributed by atoms with Crippen molar-refractivity contribution < 1.29 is 17.6 Å². The van der Waals surface area contributed by atoms with E-state index in [-0.39, 0.29) is 0 Å². The molecule has 1 aromatic heterocycles. The SMILES string of the molecule is FC(F)(F)C(Br)=NNc1ccc2occc2c1. The quantitative estimate of drug-likeness (QED) is 0.669. The van der Waals surface area contributed by atoms with Crippen molar-refractivity contribution in [3.05, 3.63) is 30.5 Å². The van der Waals surface area contributed by atoms with Gasteiger partial charge < -0.3 is 4.42 Å². The van der Waals surface area contributed by atoms with Gasteiger partial charge in [0.15, 0.2) is 0 Å². The van der Waals surface area contributed by atoms with Crippen LogP contribution in [0.2, 0.25) is 0 Å². The van der Waals surface area contributed by atoms with E-state index < -0.39 is 10.8 Å². The lowest BCUT2D eigenvalue weighted by Gasteiger charge is -2.04. The van der Waals surface area contributed by atoms with Gasteiger partial charge in [0.25, 0.3) is 0 Å². The maximum Gasteiger partial charge on any atom is 0.441 e. The van der Waals surface area contributed by atoms with Gasteiger partial charge in [-0.1, -0.05) is 0 Å². The molecule has 2 aromatic rings. The van der Waals surface area contributed by atoms with Gasteiger partial charge in [0, 0.05) is 5.39 Å². The summed E-state index contributed by atoms with van der Waals surface area (Å²) in [6, 6.07) is 6.57. The van der Waals surface area contributed by atoms with Crippen LogP contribution in [0.1, 0.15) is 0 Å². The van der Waals surface area contributed by atoms with Gasteiger partial charge in [0.1, 0.15) is 5.58 Å². The zero-order valence-electron chi connectivity index (χ0n) is 8.25. The molecule has 2 rings (SSSR count). The number of anilines is 1. The number of hydrazone groups is 1. The second-order valence-corrected chi connectivity index (χ2v) is 3.94. The first-order valence-corrected chi connectivity index (χ1v) is 5.30. The highest BCUT2D eigenvalue weighted by atomic mass is 79.9. The van der Waals surface area contributed by atoms with Crippen LogP contribution in [-0.2, 0) is 0 Å². The predicted molar refractivity (Wildman–Crippen MR) is 62.3 cm³/mol. The number of nitrogens with one attached hydrogen (secondary N) is 1. The molecular formula is C10H6BrF3N2O. The molecule has 0 atom stereocenters. The largest absolute Gasteiger partial charge is 0.464 e. The molecule has 1 N–H and O–H groups in total. The van der Waals surface area contributed by atoms with Crippen molar-refractivity contribution in [2.24, 2.45) is 5.10 Å². The molecule has 0 fully saturated rings. The smallest absolute Gasteiger partial charge is 0.441 e. The molecule has 0 bridgehead atoms. The molecule has 1 aromatic carbocycles. The summed E-state index contributed by atoms with van der Waals surface area (Å²) in [4.78, 5) is 0. The molecule has 1 heterocycles. The molecule has 0 spiro atoms. The van der Waals surface area contributed by atoms with Crippen LogP contribution >= 0.6 is 15.9 Å². The summed E-state index contributed by atoms with van der Waals surface area (Å²) in [6.45, 7) is 0. The molecule has 17 heavy (non-hydrogen) atoms. The van der Waals surface area contributed by atoms with Crippen LogP contribution < -0.4 is 5.43 Å². The van der Waals surface area contributed by atoms with E-state index in [1.54, 1.807) is 24.3 Å². The van der Waals surface area contributed by atoms with Gasteiger partial charge in [0.2, 0.25) is 4.62 Å². The topological polar surface area (TPSA) is 37.5 Å². The minimum Gasteiger partial charge on any atom is -0.464 e. The normalized spacial score (nSPS) is 13.1. The lowest BCUT2D eigenvalue weighted by molar-refractivity contribution is -0.0551. The van der Waals surface area contributed by atoms with Crippen LogP contribution in [-0.4, -0.2) is 10.8 Å². The van der Waals surface area contributed by atoms with Gasteiger partial charge in [-0.05, 0) is 40.2 Å². The van der Waals surface area contributed by atoms with E-state index in [0.29, 0.717) is 11.3 Å². The Balaban J connectivity index is 2.19. The van der Waals surface area contributed by atoms with Gasteiger partial charge in [-0.25, -0.2) is 0 Å². The highest BCUT2D eigenvalue weighted by Crippen LogP contribution is 2.23. The Morgan fingerprint density at radius 1 is 1.29 bits per heavy atom.